The third-order valence-electron chi connectivity index (χ3n) is 4.14. The number of hydrogen-bond acceptors (Lipinski definition) is 5. The summed E-state index contributed by atoms with van der Waals surface area (Å²) in [7, 11) is 0. The van der Waals surface area contributed by atoms with E-state index in [0.717, 1.165) is 0 Å². The first-order valence-electron chi connectivity index (χ1n) is 8.05. The minimum Gasteiger partial charge on any atom is -0.450 e. The van der Waals surface area contributed by atoms with E-state index in [-0.39, 0.29) is 22.7 Å². The van der Waals surface area contributed by atoms with Crippen LogP contribution in [0.15, 0.2) is 29.7 Å². The highest BCUT2D eigenvalue weighted by molar-refractivity contribution is 5.79. The number of carbonyl (C=O) groups is 1. The average molecular weight is 346 g/mol. The Kier molecular flexibility index (Phi) is 4.69. The van der Waals surface area contributed by atoms with E-state index >= 15 is 0 Å². The van der Waals surface area contributed by atoms with Crippen molar-refractivity contribution in [3.05, 3.63) is 40.9 Å². The summed E-state index contributed by atoms with van der Waals surface area (Å²) in [5.74, 6) is -0.395. The van der Waals surface area contributed by atoms with Gasteiger partial charge in [0.05, 0.1) is 12.0 Å². The van der Waals surface area contributed by atoms with Gasteiger partial charge in [0.1, 0.15) is 0 Å². The molecule has 1 aliphatic heterocycles. The van der Waals surface area contributed by atoms with Crippen molar-refractivity contribution in [2.24, 2.45) is 0 Å². The Labute approximate surface area is 143 Å². The smallest absolute Gasteiger partial charge is 0.409 e. The lowest BCUT2D eigenvalue weighted by molar-refractivity contribution is 0.105. The molecule has 0 radical (unpaired) electrons. The summed E-state index contributed by atoms with van der Waals surface area (Å²) in [6.45, 7) is 7.44. The van der Waals surface area contributed by atoms with Gasteiger partial charge in [0.25, 0.3) is 0 Å². The molecule has 1 aliphatic rings. The van der Waals surface area contributed by atoms with Gasteiger partial charge in [-0.05, 0) is 13.0 Å². The van der Waals surface area contributed by atoms with E-state index in [1.165, 1.54) is 18.3 Å². The molecule has 2 aromatic heterocycles. The zero-order valence-corrected chi connectivity index (χ0v) is 13.9. The second-order valence-electron chi connectivity index (χ2n) is 5.61. The van der Waals surface area contributed by atoms with E-state index in [2.05, 4.69) is 11.6 Å². The molecule has 0 aliphatic carbocycles. The van der Waals surface area contributed by atoms with Crippen molar-refractivity contribution in [2.45, 2.75) is 6.92 Å². The lowest BCUT2D eigenvalue weighted by atomic mass is 10.2. The second-order valence-corrected chi connectivity index (χ2v) is 5.61. The van der Waals surface area contributed by atoms with Crippen LogP contribution in [0.1, 0.15) is 6.92 Å². The first kappa shape index (κ1) is 16.9. The molecule has 0 aromatic carbocycles. The number of hydrogen-bond donors (Lipinski definition) is 0. The standard InChI is InChI=1S/C17H19FN4O3/c1-3-20-6-5-14(23)12-11-13(18)16(19-15(12)20)21-7-9-22(10-8-21)17(24)25-4-2/h3,5-6,11H,1,4,7-10H2,2H3. The van der Waals surface area contributed by atoms with Crippen LogP contribution in [0.2, 0.25) is 0 Å². The number of nitrogens with zero attached hydrogens (tertiary/aromatic N) is 4. The van der Waals surface area contributed by atoms with Crippen LogP contribution in [-0.4, -0.2) is 53.3 Å². The number of fused-ring (bicyclic) bond motifs is 1. The maximum Gasteiger partial charge on any atom is 0.409 e. The van der Waals surface area contributed by atoms with Crippen LogP contribution in [0, 0.1) is 5.82 Å². The zero-order chi connectivity index (χ0) is 18.0. The molecule has 2 aromatic rings. The fraction of sp³-hybridized carbons (Fsp3) is 0.353. The first-order valence-corrected chi connectivity index (χ1v) is 8.05. The average Bonchev–Trinajstić information content (AvgIpc) is 2.62. The largest absolute Gasteiger partial charge is 0.450 e. The minimum absolute atomic E-state index is 0.164. The maximum atomic E-state index is 14.5. The third kappa shape index (κ3) is 3.19. The van der Waals surface area contributed by atoms with Crippen LogP contribution < -0.4 is 10.3 Å². The molecular weight excluding hydrogens is 327 g/mol. The molecule has 0 spiro atoms. The third-order valence-corrected chi connectivity index (χ3v) is 4.14. The van der Waals surface area contributed by atoms with E-state index < -0.39 is 5.82 Å². The summed E-state index contributed by atoms with van der Waals surface area (Å²) in [5, 5.41) is 0.203. The number of anilines is 1. The minimum atomic E-state index is -0.559. The predicted molar refractivity (Wildman–Crippen MR) is 93.2 cm³/mol. The summed E-state index contributed by atoms with van der Waals surface area (Å²) in [6, 6.07) is 2.56. The molecule has 0 bridgehead atoms. The van der Waals surface area contributed by atoms with Crippen molar-refractivity contribution >= 4 is 29.1 Å². The van der Waals surface area contributed by atoms with Gasteiger partial charge in [0.2, 0.25) is 0 Å². The molecule has 1 amide bonds. The Balaban J connectivity index is 1.90. The van der Waals surface area contributed by atoms with Crippen LogP contribution in [0.3, 0.4) is 0 Å². The summed E-state index contributed by atoms with van der Waals surface area (Å²) in [4.78, 5) is 31.4. The molecule has 132 valence electrons. The maximum absolute atomic E-state index is 14.5. The topological polar surface area (TPSA) is 67.7 Å². The van der Waals surface area contributed by atoms with E-state index in [9.17, 15) is 14.0 Å². The SMILES string of the molecule is C=Cn1ccc(=O)c2cc(F)c(N3CCN(C(=O)OCC)CC3)nc21. The molecule has 3 heterocycles. The number of ether oxygens (including phenoxy) is 1. The predicted octanol–water partition coefficient (Wildman–Crippen LogP) is 1.91. The Bertz CT molecular complexity index is 872. The number of aromatic nitrogens is 2. The number of carbonyl (C=O) groups excluding carboxylic acids is 1. The summed E-state index contributed by atoms with van der Waals surface area (Å²) < 4.78 is 21.1. The van der Waals surface area contributed by atoms with Gasteiger partial charge in [-0.3, -0.25) is 4.79 Å². The summed E-state index contributed by atoms with van der Waals surface area (Å²) in [6.07, 6.45) is 2.69. The molecule has 0 saturated carbocycles. The van der Waals surface area contributed by atoms with Crippen LogP contribution >= 0.6 is 0 Å². The summed E-state index contributed by atoms with van der Waals surface area (Å²) in [5.41, 5.74) is 0.0601. The quantitative estimate of drug-likeness (QED) is 0.849. The highest BCUT2D eigenvalue weighted by Gasteiger charge is 2.25. The molecule has 0 unspecified atom stereocenters. The van der Waals surface area contributed by atoms with Crippen molar-refractivity contribution < 1.29 is 13.9 Å². The Hall–Kier alpha value is -2.90. The van der Waals surface area contributed by atoms with Gasteiger partial charge in [-0.25, -0.2) is 14.2 Å². The van der Waals surface area contributed by atoms with Gasteiger partial charge in [-0.1, -0.05) is 6.58 Å². The van der Waals surface area contributed by atoms with Gasteiger partial charge in [-0.2, -0.15) is 0 Å². The van der Waals surface area contributed by atoms with Crippen molar-refractivity contribution in [2.75, 3.05) is 37.7 Å². The lowest BCUT2D eigenvalue weighted by Gasteiger charge is -2.34. The zero-order valence-electron chi connectivity index (χ0n) is 13.9. The highest BCUT2D eigenvalue weighted by Crippen LogP contribution is 2.22. The van der Waals surface area contributed by atoms with E-state index in [4.69, 9.17) is 4.74 Å². The van der Waals surface area contributed by atoms with Gasteiger partial charge >= 0.3 is 6.09 Å². The van der Waals surface area contributed by atoms with Crippen molar-refractivity contribution in [3.8, 4) is 0 Å². The summed E-state index contributed by atoms with van der Waals surface area (Å²) >= 11 is 0. The number of rotatable bonds is 3. The highest BCUT2D eigenvalue weighted by atomic mass is 19.1. The molecule has 0 N–H and O–H groups in total. The van der Waals surface area contributed by atoms with E-state index in [1.54, 1.807) is 27.5 Å². The van der Waals surface area contributed by atoms with Crippen LogP contribution in [0.5, 0.6) is 0 Å². The first-order chi connectivity index (χ1) is 12.0. The lowest BCUT2D eigenvalue weighted by Crippen LogP contribution is -2.49. The Morgan fingerprint density at radius 2 is 2.12 bits per heavy atom. The number of pyridine rings is 2. The number of amides is 1. The molecule has 7 nitrogen and oxygen atoms in total. The van der Waals surface area contributed by atoms with Crippen LogP contribution in [-0.2, 0) is 4.74 Å². The van der Waals surface area contributed by atoms with Crippen molar-refractivity contribution in [3.63, 3.8) is 0 Å². The Morgan fingerprint density at radius 3 is 2.76 bits per heavy atom. The monoisotopic (exact) mass is 346 g/mol. The number of piperazine rings is 1. The normalized spacial score (nSPS) is 14.6. The molecule has 1 saturated heterocycles. The molecule has 8 heteroatoms. The van der Waals surface area contributed by atoms with Gasteiger partial charge < -0.3 is 19.1 Å². The van der Waals surface area contributed by atoms with Crippen LogP contribution in [0.25, 0.3) is 17.2 Å². The van der Waals surface area contributed by atoms with E-state index in [0.29, 0.717) is 38.4 Å². The van der Waals surface area contributed by atoms with Crippen molar-refractivity contribution in [1.82, 2.24) is 14.5 Å². The van der Waals surface area contributed by atoms with Crippen molar-refractivity contribution in [1.29, 1.82) is 0 Å². The molecule has 0 atom stereocenters. The van der Waals surface area contributed by atoms with Gasteiger partial charge in [0, 0.05) is 44.6 Å². The molecule has 3 rings (SSSR count). The Morgan fingerprint density at radius 1 is 1.40 bits per heavy atom. The van der Waals surface area contributed by atoms with E-state index in [1.807, 2.05) is 0 Å². The fourth-order valence-electron chi connectivity index (χ4n) is 2.84. The second kappa shape index (κ2) is 6.92. The van der Waals surface area contributed by atoms with Gasteiger partial charge in [0.15, 0.2) is 22.7 Å². The van der Waals surface area contributed by atoms with Gasteiger partial charge in [-0.15, -0.1) is 0 Å². The molecule has 25 heavy (non-hydrogen) atoms. The fourth-order valence-corrected chi connectivity index (χ4v) is 2.84. The number of halogens is 1. The van der Waals surface area contributed by atoms with Crippen LogP contribution in [0.4, 0.5) is 15.0 Å². The molecule has 1 fully saturated rings. The molecular formula is C17H19FN4O3.